The van der Waals surface area contributed by atoms with Gasteiger partial charge in [0.05, 0.1) is 12.5 Å². The lowest BCUT2D eigenvalue weighted by molar-refractivity contribution is -0.141. The van der Waals surface area contributed by atoms with Crippen LogP contribution in [-0.2, 0) is 9.53 Å². The molecule has 21 heavy (non-hydrogen) atoms. The summed E-state index contributed by atoms with van der Waals surface area (Å²) in [6, 6.07) is 0. The van der Waals surface area contributed by atoms with E-state index in [0.717, 1.165) is 19.3 Å². The quantitative estimate of drug-likeness (QED) is 0.617. The summed E-state index contributed by atoms with van der Waals surface area (Å²) in [6.07, 6.45) is 5.36. The summed E-state index contributed by atoms with van der Waals surface area (Å²) < 4.78 is 19.8. The Balaban J connectivity index is 1.66. The van der Waals surface area contributed by atoms with Crippen molar-refractivity contribution in [1.82, 2.24) is 0 Å². The average Bonchev–Trinajstić information content (AvgIpc) is 2.92. The lowest BCUT2D eigenvalue weighted by Gasteiger charge is -2.32. The molecule has 0 spiro atoms. The first-order valence-corrected chi connectivity index (χ1v) is 7.92. The number of fused-ring (bicyclic) bond motifs is 1. The van der Waals surface area contributed by atoms with Gasteiger partial charge in [-0.2, -0.15) is 0 Å². The predicted octanol–water partition coefficient (Wildman–Crippen LogP) is 1.89. The van der Waals surface area contributed by atoms with Gasteiger partial charge in [-0.3, -0.25) is 4.79 Å². The average molecular weight is 298 g/mol. The molecule has 0 aromatic heterocycles. The van der Waals surface area contributed by atoms with Gasteiger partial charge in [0.1, 0.15) is 17.9 Å². The van der Waals surface area contributed by atoms with Crippen molar-refractivity contribution in [3.05, 3.63) is 12.2 Å². The molecule has 3 fully saturated rings. The number of hydrogen-bond donors (Lipinski definition) is 2. The number of aliphatic hydroxyl groups is 2. The third kappa shape index (κ3) is 2.86. The first-order chi connectivity index (χ1) is 9.99. The van der Waals surface area contributed by atoms with Gasteiger partial charge in [0, 0.05) is 18.3 Å². The van der Waals surface area contributed by atoms with Crippen LogP contribution < -0.4 is 0 Å². The fraction of sp³-hybridized carbons (Fsp3) is 0.812. The zero-order valence-electron chi connectivity index (χ0n) is 12.1. The van der Waals surface area contributed by atoms with Crippen LogP contribution in [0.15, 0.2) is 12.2 Å². The van der Waals surface area contributed by atoms with Crippen LogP contribution in [0.1, 0.15) is 44.9 Å². The molecule has 1 saturated heterocycles. The van der Waals surface area contributed by atoms with Crippen LogP contribution in [0.3, 0.4) is 0 Å². The van der Waals surface area contributed by atoms with Crippen molar-refractivity contribution < 1.29 is 24.1 Å². The number of alkyl halides is 1. The normalized spacial score (nSPS) is 40.2. The topological polar surface area (TPSA) is 66.8 Å². The maximum absolute atomic E-state index is 14.6. The number of aliphatic hydroxyl groups excluding tert-OH is 2. The molecule has 1 aliphatic heterocycles. The summed E-state index contributed by atoms with van der Waals surface area (Å²) in [5.74, 6) is -0.508. The maximum atomic E-state index is 14.6. The molecule has 118 valence electrons. The summed E-state index contributed by atoms with van der Waals surface area (Å²) in [6.45, 7) is 0. The summed E-state index contributed by atoms with van der Waals surface area (Å²) >= 11 is 0. The van der Waals surface area contributed by atoms with Gasteiger partial charge in [0.25, 0.3) is 0 Å². The van der Waals surface area contributed by atoms with E-state index >= 15 is 0 Å². The second-order valence-electron chi connectivity index (χ2n) is 6.70. The van der Waals surface area contributed by atoms with Crippen LogP contribution in [0.5, 0.6) is 0 Å². The lowest BCUT2D eigenvalue weighted by Crippen LogP contribution is -2.38. The summed E-state index contributed by atoms with van der Waals surface area (Å²) in [5, 5.41) is 20.2. The smallest absolute Gasteiger partial charge is 0.306 e. The summed E-state index contributed by atoms with van der Waals surface area (Å²) in [5.41, 5.74) is -1.54. The zero-order valence-corrected chi connectivity index (χ0v) is 12.1. The van der Waals surface area contributed by atoms with Gasteiger partial charge in [-0.05, 0) is 12.8 Å². The number of hydrogen-bond acceptors (Lipinski definition) is 4. The minimum Gasteiger partial charge on any atom is -0.462 e. The number of rotatable bonds is 3. The maximum Gasteiger partial charge on any atom is 0.306 e. The van der Waals surface area contributed by atoms with Crippen molar-refractivity contribution in [3.8, 4) is 0 Å². The van der Waals surface area contributed by atoms with E-state index in [1.165, 1.54) is 6.08 Å². The Morgan fingerprint density at radius 3 is 2.76 bits per heavy atom. The first-order valence-electron chi connectivity index (χ1n) is 7.92. The van der Waals surface area contributed by atoms with Crippen molar-refractivity contribution in [3.63, 3.8) is 0 Å². The van der Waals surface area contributed by atoms with Gasteiger partial charge in [-0.15, -0.1) is 0 Å². The van der Waals surface area contributed by atoms with Crippen molar-refractivity contribution in [1.29, 1.82) is 0 Å². The fourth-order valence-corrected chi connectivity index (χ4v) is 4.03. The van der Waals surface area contributed by atoms with Crippen molar-refractivity contribution >= 4 is 5.97 Å². The molecular weight excluding hydrogens is 275 g/mol. The molecule has 2 aliphatic carbocycles. The van der Waals surface area contributed by atoms with E-state index in [1.807, 2.05) is 0 Å². The third-order valence-electron chi connectivity index (χ3n) is 5.31. The second kappa shape index (κ2) is 5.69. The van der Waals surface area contributed by atoms with E-state index in [1.54, 1.807) is 6.08 Å². The number of halogens is 1. The fourth-order valence-electron chi connectivity index (χ4n) is 4.03. The molecule has 2 N–H and O–H groups in total. The Labute approximate surface area is 124 Å². The first kappa shape index (κ1) is 15.0. The molecule has 1 heterocycles. The van der Waals surface area contributed by atoms with Crippen molar-refractivity contribution in [2.75, 3.05) is 0 Å². The Hall–Kier alpha value is -0.940. The predicted molar refractivity (Wildman–Crippen MR) is 74.2 cm³/mol. The number of carbonyl (C=O) groups is 1. The minimum atomic E-state index is -1.54. The Kier molecular flexibility index (Phi) is 4.06. The molecule has 5 heteroatoms. The Morgan fingerprint density at radius 2 is 2.05 bits per heavy atom. The largest absolute Gasteiger partial charge is 0.462 e. The van der Waals surface area contributed by atoms with E-state index in [2.05, 4.69) is 0 Å². The molecule has 0 radical (unpaired) electrons. The molecule has 1 unspecified atom stereocenters. The van der Waals surface area contributed by atoms with E-state index < -0.39 is 17.9 Å². The van der Waals surface area contributed by atoms with Crippen LogP contribution in [-0.4, -0.2) is 40.2 Å². The minimum absolute atomic E-state index is 0.0436. The van der Waals surface area contributed by atoms with Gasteiger partial charge >= 0.3 is 5.97 Å². The molecule has 3 aliphatic rings. The molecular formula is C16H23FO4. The van der Waals surface area contributed by atoms with E-state index in [-0.39, 0.29) is 23.9 Å². The number of carbonyl (C=O) groups excluding carboxylic acids is 1. The van der Waals surface area contributed by atoms with Gasteiger partial charge in [-0.25, -0.2) is 4.39 Å². The molecule has 5 atom stereocenters. The van der Waals surface area contributed by atoms with Gasteiger partial charge in [0.2, 0.25) is 0 Å². The SMILES string of the molecule is O=C1C[C@@H]2C(C[C@H](O)[C@H]2C=C[C@@H](O)C2(F)CCCCC2)O1. The summed E-state index contributed by atoms with van der Waals surface area (Å²) in [4.78, 5) is 11.3. The summed E-state index contributed by atoms with van der Waals surface area (Å²) in [7, 11) is 0. The molecule has 2 saturated carbocycles. The van der Waals surface area contributed by atoms with Crippen LogP contribution in [0.25, 0.3) is 0 Å². The van der Waals surface area contributed by atoms with E-state index in [4.69, 9.17) is 4.74 Å². The van der Waals surface area contributed by atoms with Gasteiger partial charge in [-0.1, -0.05) is 31.4 Å². The van der Waals surface area contributed by atoms with Crippen molar-refractivity contribution in [2.24, 2.45) is 11.8 Å². The third-order valence-corrected chi connectivity index (χ3v) is 5.31. The van der Waals surface area contributed by atoms with Crippen LogP contribution in [0.2, 0.25) is 0 Å². The molecule has 4 nitrogen and oxygen atoms in total. The highest BCUT2D eigenvalue weighted by Crippen LogP contribution is 2.42. The van der Waals surface area contributed by atoms with E-state index in [9.17, 15) is 19.4 Å². The second-order valence-corrected chi connectivity index (χ2v) is 6.70. The van der Waals surface area contributed by atoms with Crippen LogP contribution in [0.4, 0.5) is 4.39 Å². The van der Waals surface area contributed by atoms with Crippen LogP contribution in [0, 0.1) is 11.8 Å². The van der Waals surface area contributed by atoms with Crippen molar-refractivity contribution in [2.45, 2.75) is 68.9 Å². The highest BCUT2D eigenvalue weighted by atomic mass is 19.1. The van der Waals surface area contributed by atoms with Gasteiger partial charge < -0.3 is 14.9 Å². The monoisotopic (exact) mass is 298 g/mol. The highest BCUT2D eigenvalue weighted by Gasteiger charge is 2.48. The Bertz CT molecular complexity index is 430. The van der Waals surface area contributed by atoms with E-state index in [0.29, 0.717) is 25.7 Å². The molecule has 0 amide bonds. The highest BCUT2D eigenvalue weighted by molar-refractivity contribution is 5.72. The molecule has 0 bridgehead atoms. The molecule has 0 aromatic rings. The zero-order chi connectivity index (χ0) is 15.0. The Morgan fingerprint density at radius 1 is 1.33 bits per heavy atom. The number of ether oxygens (including phenoxy) is 1. The molecule has 0 aromatic carbocycles. The standard InChI is InChI=1S/C16H23FO4/c17-16(6-2-1-3-7-16)14(19)5-4-10-11-8-15(20)21-13(11)9-12(10)18/h4-5,10-14,18-19H,1-3,6-9H2/t10-,11-,12-,13?,14+/m0/s1. The van der Waals surface area contributed by atoms with Crippen LogP contribution >= 0.6 is 0 Å². The van der Waals surface area contributed by atoms with Gasteiger partial charge in [0.15, 0.2) is 0 Å². The molecule has 3 rings (SSSR count). The number of esters is 1. The lowest BCUT2D eigenvalue weighted by atomic mass is 9.81.